The van der Waals surface area contributed by atoms with E-state index in [1.165, 1.54) is 0 Å². The molecule has 1 aromatic rings. The molecule has 4 nitrogen and oxygen atoms in total. The van der Waals surface area contributed by atoms with Crippen LogP contribution >= 0.6 is 0 Å². The van der Waals surface area contributed by atoms with Crippen molar-refractivity contribution < 1.29 is 46.6 Å². The van der Waals surface area contributed by atoms with Crippen LogP contribution in [0.2, 0.25) is 0 Å². The van der Waals surface area contributed by atoms with E-state index in [4.69, 9.17) is 8.19 Å². The van der Waals surface area contributed by atoms with Crippen molar-refractivity contribution in [2.75, 3.05) is 0 Å². The molecule has 0 heterocycles. The molecule has 1 rings (SSSR count). The molecule has 1 aromatic carbocycles. The minimum Gasteiger partial charge on any atom is -1.00 e. The average Bonchev–Trinajstić information content (AvgIpc) is 2.02. The van der Waals surface area contributed by atoms with Gasteiger partial charge in [-0.25, -0.2) is 0 Å². The molecule has 0 saturated heterocycles. The maximum Gasteiger partial charge on any atom is 1.00 e. The van der Waals surface area contributed by atoms with Crippen molar-refractivity contribution in [1.82, 2.24) is 0 Å². The van der Waals surface area contributed by atoms with Gasteiger partial charge in [-0.1, -0.05) is 0 Å². The van der Waals surface area contributed by atoms with Gasteiger partial charge in [-0.2, -0.15) is 0 Å². The summed E-state index contributed by atoms with van der Waals surface area (Å²) in [5.74, 6) is 0. The Balaban J connectivity index is 0. The van der Waals surface area contributed by atoms with Gasteiger partial charge in [0.1, 0.15) is 0 Å². The molecule has 0 radical (unpaired) electrons. The van der Waals surface area contributed by atoms with Gasteiger partial charge in [0, 0.05) is 0 Å². The van der Waals surface area contributed by atoms with Crippen LogP contribution in [0.15, 0.2) is 30.3 Å². The van der Waals surface area contributed by atoms with Crippen molar-refractivity contribution in [3.05, 3.63) is 35.9 Å². The molecule has 68 valence electrons. The van der Waals surface area contributed by atoms with Crippen molar-refractivity contribution in [2.24, 2.45) is 0 Å². The van der Waals surface area contributed by atoms with E-state index in [0.717, 1.165) is 5.56 Å². The fraction of sp³-hybridized carbons (Fsp3) is 0.143. The average molecular weight is 256 g/mol. The van der Waals surface area contributed by atoms with E-state index in [1.807, 2.05) is 6.07 Å². The second kappa shape index (κ2) is 6.04. The van der Waals surface area contributed by atoms with Gasteiger partial charge in [0.15, 0.2) is 0 Å². The zero-order valence-electron chi connectivity index (χ0n) is 8.25. The van der Waals surface area contributed by atoms with Gasteiger partial charge >= 0.3 is 102 Å². The van der Waals surface area contributed by atoms with E-state index in [2.05, 4.69) is 3.73 Å². The molecular formula is C7H10AsNaO4. The Labute approximate surface area is 103 Å². The number of hydrogen-bond donors (Lipinski definition) is 2. The van der Waals surface area contributed by atoms with Crippen LogP contribution in [0.3, 0.4) is 0 Å². The summed E-state index contributed by atoms with van der Waals surface area (Å²) in [6.45, 7) is -0.0374. The molecular weight excluding hydrogens is 246 g/mol. The first-order chi connectivity index (χ1) is 5.58. The molecule has 0 aromatic heterocycles. The summed E-state index contributed by atoms with van der Waals surface area (Å²) in [6.07, 6.45) is 0. The zero-order valence-corrected chi connectivity index (χ0v) is 11.1. The second-order valence-corrected chi connectivity index (χ2v) is 4.85. The van der Waals surface area contributed by atoms with E-state index in [0.29, 0.717) is 0 Å². The largest absolute Gasteiger partial charge is 1.00 e. The zero-order chi connectivity index (χ0) is 9.03. The Morgan fingerprint density at radius 3 is 2.31 bits per heavy atom. The summed E-state index contributed by atoms with van der Waals surface area (Å²) < 4.78 is 31.5. The predicted molar refractivity (Wildman–Crippen MR) is 43.2 cm³/mol. The first kappa shape index (κ1) is 13.5. The topological polar surface area (TPSA) is 66.8 Å². The summed E-state index contributed by atoms with van der Waals surface area (Å²) in [4.78, 5) is 0. The number of hydrogen-bond acceptors (Lipinski definition) is 2. The minimum atomic E-state index is -4.90. The Morgan fingerprint density at radius 2 is 1.85 bits per heavy atom. The van der Waals surface area contributed by atoms with Crippen LogP contribution in [-0.4, -0.2) is 22.7 Å². The van der Waals surface area contributed by atoms with Gasteiger partial charge in [-0.05, 0) is 0 Å². The molecule has 6 heteroatoms. The van der Waals surface area contributed by atoms with Gasteiger partial charge in [-0.3, -0.25) is 0 Å². The molecule has 0 aliphatic heterocycles. The van der Waals surface area contributed by atoms with E-state index in [-0.39, 0.29) is 37.6 Å². The quantitative estimate of drug-likeness (QED) is 0.572. The van der Waals surface area contributed by atoms with Gasteiger partial charge in [0.2, 0.25) is 0 Å². The third-order valence-corrected chi connectivity index (χ3v) is 2.22. The van der Waals surface area contributed by atoms with E-state index >= 15 is 0 Å². The monoisotopic (exact) mass is 256 g/mol. The SMILES string of the molecule is O=[As](O)(O)OCc1ccccc1.[H-].[Na+]. The number of rotatable bonds is 3. The third-order valence-electron chi connectivity index (χ3n) is 1.24. The second-order valence-electron chi connectivity index (χ2n) is 2.25. The molecule has 0 aliphatic carbocycles. The van der Waals surface area contributed by atoms with Crippen LogP contribution in [0.4, 0.5) is 0 Å². The summed E-state index contributed by atoms with van der Waals surface area (Å²) in [6, 6.07) is 8.87. The van der Waals surface area contributed by atoms with E-state index in [9.17, 15) is 3.74 Å². The molecule has 0 bridgehead atoms. The smallest absolute Gasteiger partial charge is 1.00 e. The molecule has 13 heavy (non-hydrogen) atoms. The van der Waals surface area contributed by atoms with Crippen LogP contribution in [-0.2, 0) is 14.1 Å². The maximum atomic E-state index is 10.3. The Hall–Kier alpha value is 0.458. The van der Waals surface area contributed by atoms with Crippen molar-refractivity contribution in [3.8, 4) is 0 Å². The van der Waals surface area contributed by atoms with Crippen molar-refractivity contribution in [3.63, 3.8) is 0 Å². The summed E-state index contributed by atoms with van der Waals surface area (Å²) in [7, 11) is 0. The molecule has 0 amide bonds. The van der Waals surface area contributed by atoms with Gasteiger partial charge < -0.3 is 1.43 Å². The molecule has 0 fully saturated rings. The maximum absolute atomic E-state index is 10.3. The summed E-state index contributed by atoms with van der Waals surface area (Å²) >= 11 is -4.90. The number of benzene rings is 1. The van der Waals surface area contributed by atoms with Crippen LogP contribution in [0.1, 0.15) is 6.99 Å². The Morgan fingerprint density at radius 1 is 1.31 bits per heavy atom. The molecule has 0 atom stereocenters. The van der Waals surface area contributed by atoms with Crippen LogP contribution < -0.4 is 29.6 Å². The molecule has 0 saturated carbocycles. The minimum absolute atomic E-state index is 0. The predicted octanol–water partition coefficient (Wildman–Crippen LogP) is -2.83. The Bertz CT molecular complexity index is 289. The Kier molecular flexibility index (Phi) is 6.25. The first-order valence-electron chi connectivity index (χ1n) is 3.32. The normalized spacial score (nSPS) is 10.6. The molecule has 0 spiro atoms. The third kappa shape index (κ3) is 6.52. The van der Waals surface area contributed by atoms with Gasteiger partial charge in [0.25, 0.3) is 0 Å². The van der Waals surface area contributed by atoms with Crippen molar-refractivity contribution in [1.29, 1.82) is 0 Å². The van der Waals surface area contributed by atoms with E-state index in [1.54, 1.807) is 24.3 Å². The standard InChI is InChI=1S/C7H9AsO4.Na.H/c9-8(10,11)12-6-7-4-2-1-3-5-7;;/h1-5H,6H2,(H2,9,10,11);;/q;+1;-1. The van der Waals surface area contributed by atoms with Crippen LogP contribution in [0, 0.1) is 0 Å². The molecule has 2 N–H and O–H groups in total. The van der Waals surface area contributed by atoms with Gasteiger partial charge in [0.05, 0.1) is 0 Å². The van der Waals surface area contributed by atoms with E-state index < -0.39 is 14.5 Å². The van der Waals surface area contributed by atoms with Crippen LogP contribution in [0.5, 0.6) is 0 Å². The van der Waals surface area contributed by atoms with Gasteiger partial charge in [-0.15, -0.1) is 0 Å². The molecule has 0 unspecified atom stereocenters. The summed E-state index contributed by atoms with van der Waals surface area (Å²) in [5.41, 5.74) is 0.752. The van der Waals surface area contributed by atoms with Crippen molar-refractivity contribution >= 4 is 14.5 Å². The molecule has 0 aliphatic rings. The van der Waals surface area contributed by atoms with Crippen molar-refractivity contribution in [2.45, 2.75) is 6.61 Å². The fourth-order valence-corrected chi connectivity index (χ4v) is 1.40. The summed E-state index contributed by atoms with van der Waals surface area (Å²) in [5, 5.41) is 0. The first-order valence-corrected chi connectivity index (χ1v) is 6.53. The van der Waals surface area contributed by atoms with Crippen LogP contribution in [0.25, 0.3) is 0 Å². The fourth-order valence-electron chi connectivity index (χ4n) is 0.733.